The zero-order valence-corrected chi connectivity index (χ0v) is 9.66. The van der Waals surface area contributed by atoms with Crippen molar-refractivity contribution in [2.24, 2.45) is 0 Å². The molecule has 2 heterocycles. The van der Waals surface area contributed by atoms with Gasteiger partial charge in [-0.05, 0) is 25.0 Å². The Hall–Kier alpha value is -1.46. The van der Waals surface area contributed by atoms with Crippen LogP contribution in [0.5, 0.6) is 0 Å². The minimum Gasteiger partial charge on any atom is -0.393 e. The molecular formula is C12H16N4O. The molecule has 0 bridgehead atoms. The van der Waals surface area contributed by atoms with Crippen LogP contribution in [0.15, 0.2) is 24.3 Å². The number of aliphatic hydroxyl groups is 1. The van der Waals surface area contributed by atoms with Crippen LogP contribution in [0, 0.1) is 0 Å². The van der Waals surface area contributed by atoms with Crippen molar-refractivity contribution < 1.29 is 5.11 Å². The fourth-order valence-electron chi connectivity index (χ4n) is 2.27. The van der Waals surface area contributed by atoms with Gasteiger partial charge in [0.2, 0.25) is 0 Å². The Labute approximate surface area is 99.6 Å². The topological polar surface area (TPSA) is 54.2 Å². The van der Waals surface area contributed by atoms with Crippen molar-refractivity contribution in [3.05, 3.63) is 24.3 Å². The number of fused-ring (bicyclic) bond motifs is 1. The Balaban J connectivity index is 1.76. The first-order valence-electron chi connectivity index (χ1n) is 6.01. The molecule has 1 aromatic carbocycles. The van der Waals surface area contributed by atoms with Crippen molar-refractivity contribution in [3.8, 4) is 0 Å². The van der Waals surface area contributed by atoms with Gasteiger partial charge in [0.05, 0.1) is 18.3 Å². The molecule has 1 aliphatic heterocycles. The summed E-state index contributed by atoms with van der Waals surface area (Å²) in [5.41, 5.74) is 2.00. The van der Waals surface area contributed by atoms with Gasteiger partial charge in [0.25, 0.3) is 0 Å². The lowest BCUT2D eigenvalue weighted by atomic mass is 10.1. The lowest BCUT2D eigenvalue weighted by Gasteiger charge is -2.29. The third kappa shape index (κ3) is 2.16. The van der Waals surface area contributed by atoms with Gasteiger partial charge in [0, 0.05) is 13.1 Å². The maximum Gasteiger partial charge on any atom is 0.113 e. The Morgan fingerprint density at radius 3 is 2.82 bits per heavy atom. The summed E-state index contributed by atoms with van der Waals surface area (Å²) < 4.78 is 1.92. The molecule has 1 aliphatic rings. The first kappa shape index (κ1) is 10.7. The van der Waals surface area contributed by atoms with Crippen LogP contribution in [-0.4, -0.2) is 44.2 Å². The standard InChI is InChI=1S/C12H16N4O/c17-10-5-7-15(8-6-10)9-16-12-4-2-1-3-11(12)13-14-16/h1-4,10,17H,5-9H2. The van der Waals surface area contributed by atoms with E-state index in [0.29, 0.717) is 0 Å². The molecule has 1 aromatic heterocycles. The number of benzene rings is 1. The first-order valence-corrected chi connectivity index (χ1v) is 6.01. The van der Waals surface area contributed by atoms with Crippen molar-refractivity contribution in [2.75, 3.05) is 13.1 Å². The van der Waals surface area contributed by atoms with Crippen LogP contribution in [-0.2, 0) is 6.67 Å². The number of aliphatic hydroxyl groups excluding tert-OH is 1. The second-order valence-electron chi connectivity index (χ2n) is 4.57. The molecule has 0 spiro atoms. The molecule has 5 nitrogen and oxygen atoms in total. The van der Waals surface area contributed by atoms with Gasteiger partial charge >= 0.3 is 0 Å². The third-order valence-corrected chi connectivity index (χ3v) is 3.31. The molecule has 0 amide bonds. The van der Waals surface area contributed by atoms with Gasteiger partial charge in [-0.2, -0.15) is 0 Å². The fraction of sp³-hybridized carbons (Fsp3) is 0.500. The summed E-state index contributed by atoms with van der Waals surface area (Å²) in [4.78, 5) is 2.30. The summed E-state index contributed by atoms with van der Waals surface area (Å²) in [5, 5.41) is 17.8. The highest BCUT2D eigenvalue weighted by molar-refractivity contribution is 5.73. The number of hydrogen-bond acceptors (Lipinski definition) is 4. The summed E-state index contributed by atoms with van der Waals surface area (Å²) in [6, 6.07) is 7.98. The Bertz CT molecular complexity index is 502. The lowest BCUT2D eigenvalue weighted by Crippen LogP contribution is -2.37. The zero-order chi connectivity index (χ0) is 11.7. The summed E-state index contributed by atoms with van der Waals surface area (Å²) in [5.74, 6) is 0. The number of likely N-dealkylation sites (tertiary alicyclic amines) is 1. The summed E-state index contributed by atoms with van der Waals surface area (Å²) in [7, 11) is 0. The highest BCUT2D eigenvalue weighted by Crippen LogP contribution is 2.14. The van der Waals surface area contributed by atoms with Crippen molar-refractivity contribution >= 4 is 11.0 Å². The van der Waals surface area contributed by atoms with Crippen molar-refractivity contribution in [1.29, 1.82) is 0 Å². The average molecular weight is 232 g/mol. The number of piperidine rings is 1. The quantitative estimate of drug-likeness (QED) is 0.834. The smallest absolute Gasteiger partial charge is 0.113 e. The molecule has 90 valence electrons. The number of aromatic nitrogens is 3. The number of hydrogen-bond donors (Lipinski definition) is 1. The van der Waals surface area contributed by atoms with Crippen LogP contribution in [0.3, 0.4) is 0 Å². The zero-order valence-electron chi connectivity index (χ0n) is 9.66. The first-order chi connectivity index (χ1) is 8.33. The normalized spacial score (nSPS) is 18.9. The van der Waals surface area contributed by atoms with Gasteiger partial charge in [0.15, 0.2) is 0 Å². The van der Waals surface area contributed by atoms with E-state index in [2.05, 4.69) is 15.2 Å². The predicted molar refractivity (Wildman–Crippen MR) is 64.3 cm³/mol. The molecule has 0 radical (unpaired) electrons. The molecule has 0 saturated carbocycles. The van der Waals surface area contributed by atoms with Gasteiger partial charge in [-0.3, -0.25) is 4.90 Å². The Morgan fingerprint density at radius 2 is 2.00 bits per heavy atom. The molecule has 17 heavy (non-hydrogen) atoms. The number of nitrogens with zero attached hydrogens (tertiary/aromatic N) is 4. The van der Waals surface area contributed by atoms with Gasteiger partial charge in [0.1, 0.15) is 5.52 Å². The highest BCUT2D eigenvalue weighted by Gasteiger charge is 2.17. The number of rotatable bonds is 2. The molecule has 0 aliphatic carbocycles. The Morgan fingerprint density at radius 1 is 1.24 bits per heavy atom. The number of para-hydroxylation sites is 1. The van der Waals surface area contributed by atoms with Crippen LogP contribution in [0.25, 0.3) is 11.0 Å². The van der Waals surface area contributed by atoms with Gasteiger partial charge in [-0.25, -0.2) is 4.68 Å². The molecule has 5 heteroatoms. The maximum absolute atomic E-state index is 9.46. The van der Waals surface area contributed by atoms with Crippen LogP contribution >= 0.6 is 0 Å². The van der Waals surface area contributed by atoms with Crippen molar-refractivity contribution in [1.82, 2.24) is 19.9 Å². The summed E-state index contributed by atoms with van der Waals surface area (Å²) in [6.45, 7) is 2.61. The van der Waals surface area contributed by atoms with Crippen LogP contribution in [0.4, 0.5) is 0 Å². The van der Waals surface area contributed by atoms with E-state index in [0.717, 1.165) is 43.6 Å². The van der Waals surface area contributed by atoms with E-state index in [9.17, 15) is 5.11 Å². The Kier molecular flexibility index (Phi) is 2.78. The molecule has 2 aromatic rings. The van der Waals surface area contributed by atoms with Crippen LogP contribution < -0.4 is 0 Å². The fourth-order valence-corrected chi connectivity index (χ4v) is 2.27. The van der Waals surface area contributed by atoms with Gasteiger partial charge < -0.3 is 5.11 Å². The van der Waals surface area contributed by atoms with E-state index in [1.807, 2.05) is 28.9 Å². The van der Waals surface area contributed by atoms with E-state index in [-0.39, 0.29) is 6.10 Å². The second kappa shape index (κ2) is 4.43. The van der Waals surface area contributed by atoms with E-state index in [4.69, 9.17) is 0 Å². The largest absolute Gasteiger partial charge is 0.393 e. The summed E-state index contributed by atoms with van der Waals surface area (Å²) in [6.07, 6.45) is 1.58. The monoisotopic (exact) mass is 232 g/mol. The van der Waals surface area contributed by atoms with Crippen molar-refractivity contribution in [2.45, 2.75) is 25.6 Å². The molecule has 1 N–H and O–H groups in total. The minimum absolute atomic E-state index is 0.126. The molecule has 3 rings (SSSR count). The second-order valence-corrected chi connectivity index (χ2v) is 4.57. The van der Waals surface area contributed by atoms with E-state index < -0.39 is 0 Å². The van der Waals surface area contributed by atoms with Gasteiger partial charge in [-0.1, -0.05) is 17.3 Å². The van der Waals surface area contributed by atoms with Crippen LogP contribution in [0.2, 0.25) is 0 Å². The highest BCUT2D eigenvalue weighted by atomic mass is 16.3. The molecular weight excluding hydrogens is 216 g/mol. The predicted octanol–water partition coefficient (Wildman–Crippen LogP) is 0.845. The van der Waals surface area contributed by atoms with E-state index >= 15 is 0 Å². The molecule has 0 unspecified atom stereocenters. The lowest BCUT2D eigenvalue weighted by molar-refractivity contribution is 0.0660. The third-order valence-electron chi connectivity index (χ3n) is 3.31. The van der Waals surface area contributed by atoms with E-state index in [1.165, 1.54) is 0 Å². The molecule has 1 saturated heterocycles. The average Bonchev–Trinajstić information content (AvgIpc) is 2.76. The van der Waals surface area contributed by atoms with Crippen LogP contribution in [0.1, 0.15) is 12.8 Å². The molecule has 0 atom stereocenters. The maximum atomic E-state index is 9.46. The summed E-state index contributed by atoms with van der Waals surface area (Å²) >= 11 is 0. The SMILES string of the molecule is OC1CCN(Cn2nnc3ccccc32)CC1. The van der Waals surface area contributed by atoms with Crippen molar-refractivity contribution in [3.63, 3.8) is 0 Å². The van der Waals surface area contributed by atoms with E-state index in [1.54, 1.807) is 0 Å². The van der Waals surface area contributed by atoms with Gasteiger partial charge in [-0.15, -0.1) is 5.10 Å². The molecule has 1 fully saturated rings. The minimum atomic E-state index is -0.126.